The molecule has 0 unspecified atom stereocenters. The second-order valence-corrected chi connectivity index (χ2v) is 8.52. The van der Waals surface area contributed by atoms with Crippen LogP contribution >= 0.6 is 15.9 Å². The quantitative estimate of drug-likeness (QED) is 0.563. The zero-order valence-electron chi connectivity index (χ0n) is 15.9. The summed E-state index contributed by atoms with van der Waals surface area (Å²) in [7, 11) is 0. The number of aromatic nitrogens is 2. The van der Waals surface area contributed by atoms with Gasteiger partial charge >= 0.3 is 0 Å². The van der Waals surface area contributed by atoms with Gasteiger partial charge in [0.2, 0.25) is 0 Å². The molecule has 3 aromatic rings. The Morgan fingerprint density at radius 3 is 2.56 bits per heavy atom. The fourth-order valence-electron chi connectivity index (χ4n) is 2.47. The summed E-state index contributed by atoms with van der Waals surface area (Å²) >= 11 is 3.39. The second kappa shape index (κ2) is 7.64. The van der Waals surface area contributed by atoms with Gasteiger partial charge in [0.25, 0.3) is 5.56 Å². The molecule has 0 aliphatic heterocycles. The van der Waals surface area contributed by atoms with E-state index in [-0.39, 0.29) is 11.0 Å². The van der Waals surface area contributed by atoms with Crippen molar-refractivity contribution in [3.8, 4) is 5.75 Å². The minimum absolute atomic E-state index is 0.108. The van der Waals surface area contributed by atoms with Gasteiger partial charge in [0.05, 0.1) is 23.7 Å². The molecule has 0 fully saturated rings. The first kappa shape index (κ1) is 19.3. The van der Waals surface area contributed by atoms with Crippen molar-refractivity contribution in [2.24, 2.45) is 10.5 Å². The molecule has 0 saturated heterocycles. The largest absolute Gasteiger partial charge is 0.493 e. The second-order valence-electron chi connectivity index (χ2n) is 7.60. The zero-order chi connectivity index (χ0) is 19.6. The highest BCUT2D eigenvalue weighted by Gasteiger charge is 2.11. The van der Waals surface area contributed by atoms with E-state index < -0.39 is 0 Å². The van der Waals surface area contributed by atoms with Crippen LogP contribution in [0, 0.1) is 12.3 Å². The molecule has 140 valence electrons. The Kier molecular flexibility index (Phi) is 5.46. The fourth-order valence-corrected chi connectivity index (χ4v) is 2.83. The molecule has 1 aromatic heterocycles. The SMILES string of the molecule is Cc1nc2ccc(Br)cc2c(=O)n1N=Cc1ccc(OCC(C)(C)C)cc1. The fraction of sp³-hybridized carbons (Fsp3) is 0.286. The summed E-state index contributed by atoms with van der Waals surface area (Å²) in [4.78, 5) is 17.2. The van der Waals surface area contributed by atoms with Gasteiger partial charge in [0, 0.05) is 4.47 Å². The van der Waals surface area contributed by atoms with Gasteiger partial charge in [-0.05, 0) is 60.4 Å². The molecule has 0 aliphatic rings. The molecule has 0 radical (unpaired) electrons. The van der Waals surface area contributed by atoms with Gasteiger partial charge in [0.15, 0.2) is 0 Å². The minimum Gasteiger partial charge on any atom is -0.493 e. The molecule has 0 spiro atoms. The predicted octanol–water partition coefficient (Wildman–Crippen LogP) is 4.77. The topological polar surface area (TPSA) is 56.5 Å². The van der Waals surface area contributed by atoms with Crippen molar-refractivity contribution in [3.05, 3.63) is 68.7 Å². The maximum Gasteiger partial charge on any atom is 0.282 e. The summed E-state index contributed by atoms with van der Waals surface area (Å²) in [6, 6.07) is 13.1. The van der Waals surface area contributed by atoms with Crippen molar-refractivity contribution >= 4 is 33.0 Å². The van der Waals surface area contributed by atoms with E-state index in [1.165, 1.54) is 4.68 Å². The maximum atomic E-state index is 12.7. The standard InChI is InChI=1S/C21H22BrN3O2/c1-14-24-19-10-7-16(22)11-18(19)20(26)25(14)23-12-15-5-8-17(9-6-15)27-13-21(2,3)4/h5-12H,13H2,1-4H3. The average molecular weight is 428 g/mol. The highest BCUT2D eigenvalue weighted by molar-refractivity contribution is 9.10. The van der Waals surface area contributed by atoms with Gasteiger partial charge in [-0.1, -0.05) is 36.7 Å². The first-order chi connectivity index (χ1) is 12.7. The van der Waals surface area contributed by atoms with E-state index in [0.717, 1.165) is 15.8 Å². The normalized spacial score (nSPS) is 12.0. The lowest BCUT2D eigenvalue weighted by Gasteiger charge is -2.18. The first-order valence-electron chi connectivity index (χ1n) is 8.69. The van der Waals surface area contributed by atoms with Crippen molar-refractivity contribution in [1.82, 2.24) is 9.66 Å². The van der Waals surface area contributed by atoms with Crippen LogP contribution in [0.25, 0.3) is 10.9 Å². The molecule has 27 heavy (non-hydrogen) atoms. The Hall–Kier alpha value is -2.47. The number of fused-ring (bicyclic) bond motifs is 1. The Morgan fingerprint density at radius 2 is 1.89 bits per heavy atom. The molecule has 1 heterocycles. The van der Waals surface area contributed by atoms with E-state index in [9.17, 15) is 4.79 Å². The first-order valence-corrected chi connectivity index (χ1v) is 9.48. The highest BCUT2D eigenvalue weighted by atomic mass is 79.9. The number of rotatable bonds is 4. The van der Waals surface area contributed by atoms with Gasteiger partial charge < -0.3 is 4.74 Å². The van der Waals surface area contributed by atoms with Gasteiger partial charge in [-0.15, -0.1) is 0 Å². The number of hydrogen-bond acceptors (Lipinski definition) is 4. The Bertz CT molecular complexity index is 1050. The molecule has 0 saturated carbocycles. The number of aryl methyl sites for hydroxylation is 1. The van der Waals surface area contributed by atoms with Crippen LogP contribution in [0.1, 0.15) is 32.2 Å². The van der Waals surface area contributed by atoms with Crippen molar-refractivity contribution in [1.29, 1.82) is 0 Å². The Morgan fingerprint density at radius 1 is 1.19 bits per heavy atom. The van der Waals surface area contributed by atoms with Crippen LogP contribution in [0.2, 0.25) is 0 Å². The van der Waals surface area contributed by atoms with E-state index in [2.05, 4.69) is 46.8 Å². The van der Waals surface area contributed by atoms with Crippen LogP contribution in [-0.2, 0) is 0 Å². The molecular weight excluding hydrogens is 406 g/mol. The van der Waals surface area contributed by atoms with E-state index in [1.54, 1.807) is 19.2 Å². The lowest BCUT2D eigenvalue weighted by Crippen LogP contribution is -2.20. The summed E-state index contributed by atoms with van der Waals surface area (Å²) < 4.78 is 7.92. The molecule has 3 rings (SSSR count). The van der Waals surface area contributed by atoms with Crippen LogP contribution in [0.5, 0.6) is 5.75 Å². The van der Waals surface area contributed by atoms with Gasteiger partial charge in [-0.3, -0.25) is 4.79 Å². The van der Waals surface area contributed by atoms with E-state index in [1.807, 2.05) is 36.4 Å². The van der Waals surface area contributed by atoms with Crippen molar-refractivity contribution < 1.29 is 4.74 Å². The molecular formula is C21H22BrN3O2. The Balaban J connectivity index is 1.84. The number of nitrogens with zero attached hydrogens (tertiary/aromatic N) is 3. The summed E-state index contributed by atoms with van der Waals surface area (Å²) in [5.74, 6) is 1.35. The molecule has 0 atom stereocenters. The van der Waals surface area contributed by atoms with Gasteiger partial charge in [0.1, 0.15) is 11.6 Å². The molecule has 0 bridgehead atoms. The number of hydrogen-bond donors (Lipinski definition) is 0. The van der Waals surface area contributed by atoms with E-state index >= 15 is 0 Å². The summed E-state index contributed by atoms with van der Waals surface area (Å²) in [6.45, 7) is 8.80. The Labute approximate surface area is 166 Å². The smallest absolute Gasteiger partial charge is 0.282 e. The van der Waals surface area contributed by atoms with Gasteiger partial charge in [-0.2, -0.15) is 9.78 Å². The maximum absolute atomic E-state index is 12.7. The number of ether oxygens (including phenoxy) is 1. The monoisotopic (exact) mass is 427 g/mol. The van der Waals surface area contributed by atoms with E-state index in [0.29, 0.717) is 23.3 Å². The van der Waals surface area contributed by atoms with Crippen molar-refractivity contribution in [2.75, 3.05) is 6.61 Å². The van der Waals surface area contributed by atoms with Crippen molar-refractivity contribution in [3.63, 3.8) is 0 Å². The van der Waals surface area contributed by atoms with E-state index in [4.69, 9.17) is 4.74 Å². The number of benzene rings is 2. The summed E-state index contributed by atoms with van der Waals surface area (Å²) in [6.07, 6.45) is 1.65. The van der Waals surface area contributed by atoms with Crippen LogP contribution in [-0.4, -0.2) is 22.5 Å². The molecule has 0 amide bonds. The highest BCUT2D eigenvalue weighted by Crippen LogP contribution is 2.18. The third-order valence-electron chi connectivity index (χ3n) is 3.84. The lowest BCUT2D eigenvalue weighted by atomic mass is 9.99. The molecule has 0 aliphatic carbocycles. The summed E-state index contributed by atoms with van der Waals surface area (Å²) in [5.41, 5.74) is 1.45. The van der Waals surface area contributed by atoms with Gasteiger partial charge in [-0.25, -0.2) is 4.98 Å². The molecule has 5 nitrogen and oxygen atoms in total. The third-order valence-corrected chi connectivity index (χ3v) is 4.34. The van der Waals surface area contributed by atoms with Crippen molar-refractivity contribution in [2.45, 2.75) is 27.7 Å². The van der Waals surface area contributed by atoms with Crippen LogP contribution in [0.3, 0.4) is 0 Å². The lowest BCUT2D eigenvalue weighted by molar-refractivity contribution is 0.198. The van der Waals surface area contributed by atoms with Crippen LogP contribution in [0.4, 0.5) is 0 Å². The molecule has 2 aromatic carbocycles. The van der Waals surface area contributed by atoms with Crippen LogP contribution in [0.15, 0.2) is 56.8 Å². The minimum atomic E-state index is -0.194. The third kappa shape index (κ3) is 4.83. The number of halogens is 1. The molecule has 0 N–H and O–H groups in total. The molecule has 6 heteroatoms. The zero-order valence-corrected chi connectivity index (χ0v) is 17.4. The summed E-state index contributed by atoms with van der Waals surface area (Å²) in [5, 5.41) is 4.86. The van der Waals surface area contributed by atoms with Crippen LogP contribution < -0.4 is 10.3 Å². The predicted molar refractivity (Wildman–Crippen MR) is 113 cm³/mol. The average Bonchev–Trinajstić information content (AvgIpc) is 2.61.